The Hall–Kier alpha value is -4.80. The maximum Gasteiger partial charge on any atom is 0.320 e. The molecule has 0 radical (unpaired) electrons. The maximum atomic E-state index is 12.5. The fraction of sp³-hybridized carbons (Fsp3) is 0.815. The molecule has 1 aromatic rings. The Morgan fingerprint density at radius 2 is 1.08 bits per heavy atom. The van der Waals surface area contributed by atoms with Gasteiger partial charge in [0.25, 0.3) is 0 Å². The van der Waals surface area contributed by atoms with Crippen LogP contribution in [0, 0.1) is 17.8 Å². The second kappa shape index (κ2) is 55.5. The topological polar surface area (TPSA) is 316 Å². The van der Waals surface area contributed by atoms with Gasteiger partial charge in [0, 0.05) is 75.8 Å². The minimum absolute atomic E-state index is 0.00198. The van der Waals surface area contributed by atoms with Crippen LogP contribution in [0.25, 0.3) is 0 Å². The molecule has 1 aliphatic rings. The minimum Gasteiger partial charge on any atom is -0.481 e. The first-order valence-electron chi connectivity index (χ1n) is 32.9. The Balaban J connectivity index is 0.000000864. The Kier molecular flexibility index (Phi) is 51.1. The molecule has 1 saturated carbocycles. The van der Waals surface area contributed by atoms with Crippen molar-refractivity contribution in [3.63, 3.8) is 0 Å². The highest BCUT2D eigenvalue weighted by atomic mass is 16.5. The molecule has 0 spiro atoms. The summed E-state index contributed by atoms with van der Waals surface area (Å²) in [4.78, 5) is 112. The van der Waals surface area contributed by atoms with E-state index < -0.39 is 29.9 Å². The number of aliphatic carboxylic acids is 3. The van der Waals surface area contributed by atoms with Crippen LogP contribution in [0.4, 0.5) is 0 Å². The van der Waals surface area contributed by atoms with Gasteiger partial charge >= 0.3 is 17.9 Å². The smallest absolute Gasteiger partial charge is 0.320 e. The van der Waals surface area contributed by atoms with E-state index >= 15 is 0 Å². The molecular weight excluding hydrogens is 1110 g/mol. The normalized spacial score (nSPS) is 14.6. The summed E-state index contributed by atoms with van der Waals surface area (Å²) in [5, 5.41) is 35.7. The molecule has 0 aliphatic heterocycles. The number of rotatable bonds is 60. The fourth-order valence-corrected chi connectivity index (χ4v) is 10.2. The van der Waals surface area contributed by atoms with Gasteiger partial charge in [-0.15, -0.1) is 0 Å². The third-order valence-electron chi connectivity index (χ3n) is 15.7. The number of unbranched alkanes of at least 4 members (excludes halogenated alkanes) is 17. The van der Waals surface area contributed by atoms with E-state index in [0.717, 1.165) is 69.9 Å². The van der Waals surface area contributed by atoms with E-state index in [0.29, 0.717) is 141 Å². The van der Waals surface area contributed by atoms with Crippen molar-refractivity contribution in [1.29, 1.82) is 0 Å². The number of ether oxygens (including phenoxy) is 4. The number of hydrogen-bond donors (Lipinski definition) is 7. The zero-order valence-electron chi connectivity index (χ0n) is 52.8. The zero-order chi connectivity index (χ0) is 63.1. The van der Waals surface area contributed by atoms with E-state index in [4.69, 9.17) is 29.2 Å². The van der Waals surface area contributed by atoms with Crippen LogP contribution in [-0.2, 0) is 68.5 Å². The van der Waals surface area contributed by atoms with Crippen LogP contribution < -0.4 is 16.0 Å². The molecule has 1 aliphatic carbocycles. The van der Waals surface area contributed by atoms with Crippen LogP contribution in [0.2, 0.25) is 0 Å². The van der Waals surface area contributed by atoms with E-state index in [1.54, 1.807) is 19.4 Å². The van der Waals surface area contributed by atoms with Gasteiger partial charge in [0.1, 0.15) is 36.6 Å². The van der Waals surface area contributed by atoms with Gasteiger partial charge in [-0.1, -0.05) is 117 Å². The number of carbonyl (C=O) groups is 9. The highest BCUT2D eigenvalue weighted by molar-refractivity contribution is 5.83. The van der Waals surface area contributed by atoms with Crippen molar-refractivity contribution < 1.29 is 77.4 Å². The third kappa shape index (κ3) is 48.2. The number of aromatic nitrogens is 2. The summed E-state index contributed by atoms with van der Waals surface area (Å²) in [7, 11) is 0. The second-order valence-electron chi connectivity index (χ2n) is 23.1. The van der Waals surface area contributed by atoms with Gasteiger partial charge in [-0.25, -0.2) is 4.98 Å². The van der Waals surface area contributed by atoms with E-state index in [2.05, 4.69) is 25.9 Å². The summed E-state index contributed by atoms with van der Waals surface area (Å²) in [6, 6.07) is -0.806. The van der Waals surface area contributed by atoms with Gasteiger partial charge in [0.05, 0.1) is 65.0 Å². The highest BCUT2D eigenvalue weighted by Gasteiger charge is 2.27. The number of ketones is 5. The first kappa shape index (κ1) is 79.2. The Bertz CT molecular complexity index is 1950. The number of hydrogen-bond acceptors (Lipinski definition) is 16. The SMILES string of the molecule is CCC(=O)NCCOCCOCC(=O)CNCCOCCOCC(=O)CCCCC[C@H](NCC(=O)CCc1cnc[nH]1)C(=O)O.CC[C@H](CCC(=O)C1CCC(CCC(=O)CCCCCCCCCCCCCCCCCCC(=O)O)CC1)C(=O)O. The average Bonchev–Trinajstić information content (AvgIpc) is 4.18. The van der Waals surface area contributed by atoms with Crippen LogP contribution in [-0.4, -0.2) is 163 Å². The van der Waals surface area contributed by atoms with E-state index in [9.17, 15) is 48.3 Å². The largest absolute Gasteiger partial charge is 0.481 e. The zero-order valence-corrected chi connectivity index (χ0v) is 52.8. The van der Waals surface area contributed by atoms with Gasteiger partial charge in [0.15, 0.2) is 11.6 Å². The van der Waals surface area contributed by atoms with Gasteiger partial charge < -0.3 is 49.9 Å². The number of imidazole rings is 1. The van der Waals surface area contributed by atoms with Crippen LogP contribution in [0.1, 0.15) is 238 Å². The first-order chi connectivity index (χ1) is 41.6. The van der Waals surface area contributed by atoms with Gasteiger partial charge in [-0.2, -0.15) is 0 Å². The van der Waals surface area contributed by atoms with E-state index in [1.807, 2.05) is 6.92 Å². The Morgan fingerprint density at radius 3 is 1.62 bits per heavy atom. The lowest BCUT2D eigenvalue weighted by atomic mass is 9.77. The number of aryl methyl sites for hydroxylation is 1. The molecule has 1 heterocycles. The molecule has 2 rings (SSSR count). The quantitative estimate of drug-likeness (QED) is 0.0298. The van der Waals surface area contributed by atoms with Gasteiger partial charge in [-0.05, 0) is 83.0 Å². The fourth-order valence-electron chi connectivity index (χ4n) is 10.2. The first-order valence-corrected chi connectivity index (χ1v) is 32.9. The molecule has 21 nitrogen and oxygen atoms in total. The number of H-pyrrole nitrogens is 1. The number of carboxylic acid groups (broad SMARTS) is 3. The van der Waals surface area contributed by atoms with Crippen molar-refractivity contribution in [3.05, 3.63) is 18.2 Å². The van der Waals surface area contributed by atoms with Crippen LogP contribution in [0.5, 0.6) is 0 Å². The molecule has 0 aromatic carbocycles. The van der Waals surface area contributed by atoms with Crippen LogP contribution >= 0.6 is 0 Å². The van der Waals surface area contributed by atoms with Crippen molar-refractivity contribution in [2.45, 2.75) is 245 Å². The Labute approximate surface area is 513 Å². The lowest BCUT2D eigenvalue weighted by molar-refractivity contribution is -0.142. The van der Waals surface area contributed by atoms with Crippen molar-refractivity contribution in [2.24, 2.45) is 17.8 Å². The highest BCUT2D eigenvalue weighted by Crippen LogP contribution is 2.33. The van der Waals surface area contributed by atoms with Gasteiger partial charge in [-0.3, -0.25) is 48.5 Å². The molecular formula is C65H113N5O16. The molecule has 1 amide bonds. The lowest BCUT2D eigenvalue weighted by Crippen LogP contribution is -2.39. The molecule has 494 valence electrons. The van der Waals surface area contributed by atoms with Gasteiger partial charge in [0.2, 0.25) is 5.91 Å². The van der Waals surface area contributed by atoms with Crippen molar-refractivity contribution >= 4 is 52.7 Å². The molecule has 0 saturated heterocycles. The number of nitrogens with zero attached hydrogens (tertiary/aromatic N) is 1. The summed E-state index contributed by atoms with van der Waals surface area (Å²) in [6.45, 7) is 6.74. The number of aromatic amines is 1. The summed E-state index contributed by atoms with van der Waals surface area (Å²) in [6.07, 6.45) is 34.7. The number of nitrogens with one attached hydrogen (secondary N) is 4. The predicted molar refractivity (Wildman–Crippen MR) is 330 cm³/mol. The summed E-state index contributed by atoms with van der Waals surface area (Å²) < 4.78 is 21.3. The van der Waals surface area contributed by atoms with Crippen LogP contribution in [0.15, 0.2) is 12.5 Å². The van der Waals surface area contributed by atoms with Crippen molar-refractivity contribution in [2.75, 3.05) is 79.0 Å². The third-order valence-corrected chi connectivity index (χ3v) is 15.7. The number of carboxylic acids is 3. The second-order valence-corrected chi connectivity index (χ2v) is 23.1. The molecule has 1 aromatic heterocycles. The summed E-state index contributed by atoms with van der Waals surface area (Å²) in [5.41, 5.74) is 0.858. The van der Waals surface area contributed by atoms with E-state index in [-0.39, 0.29) is 67.9 Å². The number of Topliss-reactive ketones (excluding diaryl/α,β-unsaturated/α-hetero) is 5. The molecule has 2 atom stereocenters. The number of amides is 1. The number of carbonyl (C=O) groups excluding carboxylic acids is 6. The molecule has 21 heteroatoms. The Morgan fingerprint density at radius 1 is 0.547 bits per heavy atom. The van der Waals surface area contributed by atoms with E-state index in [1.165, 1.54) is 77.0 Å². The predicted octanol–water partition coefficient (Wildman–Crippen LogP) is 9.93. The molecule has 0 unspecified atom stereocenters. The molecule has 1 fully saturated rings. The summed E-state index contributed by atoms with van der Waals surface area (Å²) >= 11 is 0. The molecule has 7 N–H and O–H groups in total. The minimum atomic E-state index is -0.997. The lowest BCUT2D eigenvalue weighted by Gasteiger charge is -2.27. The van der Waals surface area contributed by atoms with Crippen LogP contribution in [0.3, 0.4) is 0 Å². The monoisotopic (exact) mass is 1220 g/mol. The summed E-state index contributed by atoms with van der Waals surface area (Å²) in [5.74, 6) is -1.77. The van der Waals surface area contributed by atoms with Crippen molar-refractivity contribution in [3.8, 4) is 0 Å². The standard InChI is InChI=1S/C35H62O6.C30H51N5O10/c1-2-30(35(40)41)26-28-33(37)31-24-21-29(22-25-31)23-27-32(36)19-17-15-13-11-9-7-5-3-4-6-8-10-12-14-16-18-20-34(38)39;1-2-29(39)33-11-13-43-15-17-45-22-27(38)19-31-10-12-42-14-16-44-21-26(37)6-4-3-5-7-28(30(40)41)34-20-25(36)9-8-24-18-32-23-35-24/h29-31H,2-28H2,1H3,(H,38,39)(H,40,41);18,23,28,31,34H,2-17,19-22H2,1H3,(H,32,35)(H,33,39)(H,40,41)/t29?,30-,31?;28-/m10/s1. The average molecular weight is 1220 g/mol. The van der Waals surface area contributed by atoms with Crippen molar-refractivity contribution in [1.82, 2.24) is 25.9 Å². The molecule has 0 bridgehead atoms. The maximum absolute atomic E-state index is 12.5. The molecule has 86 heavy (non-hydrogen) atoms.